The highest BCUT2D eigenvalue weighted by Crippen LogP contribution is 2.18. The quantitative estimate of drug-likeness (QED) is 0.789. The lowest BCUT2D eigenvalue weighted by molar-refractivity contribution is 0.102. The van der Waals surface area contributed by atoms with Gasteiger partial charge in [0.25, 0.3) is 5.91 Å². The van der Waals surface area contributed by atoms with E-state index in [9.17, 15) is 4.79 Å². The molecule has 0 aliphatic carbocycles. The Morgan fingerprint density at radius 3 is 2.62 bits per heavy atom. The van der Waals surface area contributed by atoms with Gasteiger partial charge < -0.3 is 10.6 Å². The molecule has 0 bridgehead atoms. The molecule has 0 fully saturated rings. The summed E-state index contributed by atoms with van der Waals surface area (Å²) in [6.45, 7) is 8.51. The minimum absolute atomic E-state index is 0.154. The third-order valence-corrected chi connectivity index (χ3v) is 3.23. The van der Waals surface area contributed by atoms with Crippen LogP contribution in [-0.4, -0.2) is 27.6 Å². The minimum atomic E-state index is -0.154. The molecule has 0 atom stereocenters. The van der Waals surface area contributed by atoms with Gasteiger partial charge in [-0.2, -0.15) is 5.10 Å². The summed E-state index contributed by atoms with van der Waals surface area (Å²) >= 11 is 0. The third-order valence-electron chi connectivity index (χ3n) is 3.23. The van der Waals surface area contributed by atoms with Crippen LogP contribution in [0.3, 0.4) is 0 Å². The van der Waals surface area contributed by atoms with Crippen molar-refractivity contribution in [3.8, 4) is 0 Å². The molecule has 0 radical (unpaired) electrons. The number of nitrogens with one attached hydrogen (secondary N) is 3. The number of anilines is 2. The molecule has 0 saturated carbocycles. The molecule has 112 valence electrons. The molecule has 0 aliphatic heterocycles. The number of aryl methyl sites for hydroxylation is 3. The van der Waals surface area contributed by atoms with Gasteiger partial charge in [0.2, 0.25) is 0 Å². The van der Waals surface area contributed by atoms with Crippen molar-refractivity contribution in [2.24, 2.45) is 0 Å². The van der Waals surface area contributed by atoms with Gasteiger partial charge in [-0.15, -0.1) is 0 Å². The van der Waals surface area contributed by atoms with E-state index in [-0.39, 0.29) is 5.91 Å². The Morgan fingerprint density at radius 1 is 1.29 bits per heavy atom. The maximum atomic E-state index is 12.4. The number of aromatic amines is 1. The van der Waals surface area contributed by atoms with E-state index in [0.29, 0.717) is 5.56 Å². The molecular formula is C15H21N5O. The van der Waals surface area contributed by atoms with E-state index in [1.165, 1.54) is 0 Å². The topological polar surface area (TPSA) is 82.7 Å². The molecule has 6 heteroatoms. The molecule has 6 nitrogen and oxygen atoms in total. The van der Waals surface area contributed by atoms with E-state index in [2.05, 4.69) is 25.8 Å². The van der Waals surface area contributed by atoms with Gasteiger partial charge in [-0.3, -0.25) is 9.89 Å². The van der Waals surface area contributed by atoms with Crippen LogP contribution in [0, 0.1) is 13.8 Å². The van der Waals surface area contributed by atoms with Crippen LogP contribution < -0.4 is 10.6 Å². The summed E-state index contributed by atoms with van der Waals surface area (Å²) in [5.41, 5.74) is 3.84. The fraction of sp³-hybridized carbons (Fsp3) is 0.400. The average Bonchev–Trinajstić information content (AvgIpc) is 2.79. The number of aromatic nitrogens is 3. The molecule has 2 aromatic rings. The Morgan fingerprint density at radius 2 is 2.05 bits per heavy atom. The Labute approximate surface area is 124 Å². The monoisotopic (exact) mass is 287 g/mol. The van der Waals surface area contributed by atoms with Crippen LogP contribution in [0.4, 0.5) is 11.5 Å². The number of carbonyl (C=O) groups is 1. The predicted octanol–water partition coefficient (Wildman–Crippen LogP) is 2.67. The van der Waals surface area contributed by atoms with E-state index >= 15 is 0 Å². The molecule has 0 saturated heterocycles. The van der Waals surface area contributed by atoms with Gasteiger partial charge >= 0.3 is 0 Å². The van der Waals surface area contributed by atoms with Crippen LogP contribution in [0.1, 0.15) is 41.3 Å². The summed E-state index contributed by atoms with van der Waals surface area (Å²) in [5, 5.41) is 13.0. The van der Waals surface area contributed by atoms with Gasteiger partial charge in [-0.25, -0.2) is 4.98 Å². The van der Waals surface area contributed by atoms with Gasteiger partial charge in [0.15, 0.2) is 0 Å². The molecule has 0 aromatic carbocycles. The number of hydrogen-bond donors (Lipinski definition) is 3. The number of hydrogen-bond acceptors (Lipinski definition) is 4. The van der Waals surface area contributed by atoms with Crippen LogP contribution in [0.15, 0.2) is 12.1 Å². The van der Waals surface area contributed by atoms with Crippen LogP contribution in [0.25, 0.3) is 0 Å². The van der Waals surface area contributed by atoms with E-state index in [1.807, 2.05) is 33.8 Å². The summed E-state index contributed by atoms with van der Waals surface area (Å²) in [4.78, 5) is 16.9. The first-order valence-corrected chi connectivity index (χ1v) is 7.12. The zero-order chi connectivity index (χ0) is 15.4. The molecule has 3 N–H and O–H groups in total. The SMILES string of the molecule is CCNc1cc(C(=O)Nc2c(C)n[nH]c2C)cc(CC)n1. The third kappa shape index (κ3) is 3.39. The predicted molar refractivity (Wildman–Crippen MR) is 83.8 cm³/mol. The second-order valence-electron chi connectivity index (χ2n) is 4.88. The van der Waals surface area contributed by atoms with Crippen LogP contribution in [0.2, 0.25) is 0 Å². The first kappa shape index (κ1) is 15.0. The fourth-order valence-corrected chi connectivity index (χ4v) is 2.09. The summed E-state index contributed by atoms with van der Waals surface area (Å²) in [5.74, 6) is 0.571. The fourth-order valence-electron chi connectivity index (χ4n) is 2.09. The Bertz CT molecular complexity index is 628. The van der Waals surface area contributed by atoms with Crippen molar-refractivity contribution in [1.29, 1.82) is 0 Å². The standard InChI is InChI=1S/C15H21N5O/c1-5-12-7-11(8-13(17-12)16-6-2)15(21)18-14-9(3)19-20-10(14)4/h7-8H,5-6H2,1-4H3,(H,16,17)(H,18,21)(H,19,20). The lowest BCUT2D eigenvalue weighted by Gasteiger charge is -2.09. The second-order valence-corrected chi connectivity index (χ2v) is 4.88. The molecule has 0 aliphatic rings. The van der Waals surface area contributed by atoms with E-state index in [1.54, 1.807) is 6.07 Å². The van der Waals surface area contributed by atoms with Crippen molar-refractivity contribution in [2.75, 3.05) is 17.2 Å². The summed E-state index contributed by atoms with van der Waals surface area (Å²) in [6.07, 6.45) is 0.781. The Balaban J connectivity index is 2.28. The number of amides is 1. The lowest BCUT2D eigenvalue weighted by Crippen LogP contribution is -2.14. The van der Waals surface area contributed by atoms with Crippen LogP contribution >= 0.6 is 0 Å². The zero-order valence-electron chi connectivity index (χ0n) is 12.9. The van der Waals surface area contributed by atoms with Gasteiger partial charge in [-0.1, -0.05) is 6.92 Å². The molecule has 2 heterocycles. The first-order valence-electron chi connectivity index (χ1n) is 7.12. The molecule has 2 aromatic heterocycles. The van der Waals surface area contributed by atoms with Crippen LogP contribution in [0.5, 0.6) is 0 Å². The number of pyridine rings is 1. The van der Waals surface area contributed by atoms with Gasteiger partial charge in [0, 0.05) is 17.8 Å². The molecule has 0 unspecified atom stereocenters. The molecule has 1 amide bonds. The number of carbonyl (C=O) groups excluding carboxylic acids is 1. The maximum Gasteiger partial charge on any atom is 0.255 e. The Hall–Kier alpha value is -2.37. The first-order chi connectivity index (χ1) is 10.0. The molecule has 2 rings (SSSR count). The highest BCUT2D eigenvalue weighted by atomic mass is 16.1. The zero-order valence-corrected chi connectivity index (χ0v) is 12.9. The normalized spacial score (nSPS) is 10.5. The molecular weight excluding hydrogens is 266 g/mol. The van der Waals surface area contributed by atoms with Crippen molar-refractivity contribution >= 4 is 17.4 Å². The smallest absolute Gasteiger partial charge is 0.255 e. The van der Waals surface area contributed by atoms with Crippen molar-refractivity contribution in [3.63, 3.8) is 0 Å². The molecule has 0 spiro atoms. The van der Waals surface area contributed by atoms with Crippen molar-refractivity contribution < 1.29 is 4.79 Å². The van der Waals surface area contributed by atoms with Gasteiger partial charge in [0.1, 0.15) is 5.82 Å². The highest BCUT2D eigenvalue weighted by molar-refractivity contribution is 6.05. The Kier molecular flexibility index (Phi) is 4.57. The van der Waals surface area contributed by atoms with Crippen molar-refractivity contribution in [3.05, 3.63) is 34.8 Å². The lowest BCUT2D eigenvalue weighted by atomic mass is 10.1. The average molecular weight is 287 g/mol. The maximum absolute atomic E-state index is 12.4. The van der Waals surface area contributed by atoms with E-state index in [4.69, 9.17) is 0 Å². The van der Waals surface area contributed by atoms with E-state index < -0.39 is 0 Å². The molecule has 21 heavy (non-hydrogen) atoms. The summed E-state index contributed by atoms with van der Waals surface area (Å²) < 4.78 is 0. The van der Waals surface area contributed by atoms with Crippen LogP contribution in [-0.2, 0) is 6.42 Å². The minimum Gasteiger partial charge on any atom is -0.370 e. The highest BCUT2D eigenvalue weighted by Gasteiger charge is 2.13. The number of nitrogens with zero attached hydrogens (tertiary/aromatic N) is 2. The number of H-pyrrole nitrogens is 1. The van der Waals surface area contributed by atoms with E-state index in [0.717, 1.165) is 41.6 Å². The van der Waals surface area contributed by atoms with Gasteiger partial charge in [-0.05, 0) is 39.3 Å². The second kappa shape index (κ2) is 6.39. The van der Waals surface area contributed by atoms with Crippen molar-refractivity contribution in [1.82, 2.24) is 15.2 Å². The van der Waals surface area contributed by atoms with Crippen molar-refractivity contribution in [2.45, 2.75) is 34.1 Å². The summed E-state index contributed by atoms with van der Waals surface area (Å²) in [6, 6.07) is 3.59. The van der Waals surface area contributed by atoms with Gasteiger partial charge in [0.05, 0.1) is 17.1 Å². The number of rotatable bonds is 5. The summed E-state index contributed by atoms with van der Waals surface area (Å²) in [7, 11) is 0. The largest absolute Gasteiger partial charge is 0.370 e.